The average Bonchev–Trinajstić information content (AvgIpc) is 2.77. The molecule has 0 radical (unpaired) electrons. The molecule has 0 bridgehead atoms. The molecule has 16 heavy (non-hydrogen) atoms. The van der Waals surface area contributed by atoms with Crippen molar-refractivity contribution in [1.82, 2.24) is 10.2 Å². The molecule has 1 aromatic carbocycles. The zero-order valence-electron chi connectivity index (χ0n) is 8.70. The Balaban J connectivity index is 2.49. The Morgan fingerprint density at radius 1 is 1.44 bits per heavy atom. The molecule has 2 aromatic rings. The molecule has 0 spiro atoms. The van der Waals surface area contributed by atoms with E-state index in [0.717, 1.165) is 21.5 Å². The quantitative estimate of drug-likeness (QED) is 0.909. The van der Waals surface area contributed by atoms with Crippen molar-refractivity contribution < 1.29 is 9.84 Å². The summed E-state index contributed by atoms with van der Waals surface area (Å²) < 4.78 is 6.22. The standard InChI is InChI=1S/C11H11BrN2O2/c1-16-11-3-2-7(12)4-9(11)10-5-8(6-15)13-14-10/h2-5,15H,6H2,1H3,(H,13,14). The van der Waals surface area contributed by atoms with Gasteiger partial charge >= 0.3 is 0 Å². The highest BCUT2D eigenvalue weighted by molar-refractivity contribution is 9.10. The fourth-order valence-corrected chi connectivity index (χ4v) is 1.82. The molecule has 0 unspecified atom stereocenters. The van der Waals surface area contributed by atoms with Crippen molar-refractivity contribution in [3.8, 4) is 17.0 Å². The normalized spacial score (nSPS) is 10.4. The van der Waals surface area contributed by atoms with Crippen molar-refractivity contribution in [3.05, 3.63) is 34.4 Å². The second-order valence-electron chi connectivity index (χ2n) is 3.28. The number of H-pyrrole nitrogens is 1. The zero-order valence-corrected chi connectivity index (χ0v) is 10.3. The maximum atomic E-state index is 8.97. The first-order chi connectivity index (χ1) is 7.74. The number of aromatic nitrogens is 2. The average molecular weight is 283 g/mol. The fraction of sp³-hybridized carbons (Fsp3) is 0.182. The molecule has 2 rings (SSSR count). The highest BCUT2D eigenvalue weighted by Crippen LogP contribution is 2.31. The van der Waals surface area contributed by atoms with Gasteiger partial charge in [0.05, 0.1) is 25.1 Å². The molecule has 0 aliphatic heterocycles. The van der Waals surface area contributed by atoms with Gasteiger partial charge in [-0.05, 0) is 24.3 Å². The molecular formula is C11H11BrN2O2. The number of aliphatic hydroxyl groups excluding tert-OH is 1. The Kier molecular flexibility index (Phi) is 3.26. The Labute approximate surface area is 101 Å². The van der Waals surface area contributed by atoms with Gasteiger partial charge in [0.1, 0.15) is 5.75 Å². The molecule has 0 atom stereocenters. The van der Waals surface area contributed by atoms with Crippen molar-refractivity contribution in [2.75, 3.05) is 7.11 Å². The van der Waals surface area contributed by atoms with Crippen LogP contribution in [-0.4, -0.2) is 22.4 Å². The van der Waals surface area contributed by atoms with Gasteiger partial charge in [-0.2, -0.15) is 5.10 Å². The lowest BCUT2D eigenvalue weighted by atomic mass is 10.1. The van der Waals surface area contributed by atoms with E-state index in [4.69, 9.17) is 9.84 Å². The van der Waals surface area contributed by atoms with Crippen LogP contribution in [0.25, 0.3) is 11.3 Å². The largest absolute Gasteiger partial charge is 0.496 e. The molecule has 0 saturated carbocycles. The van der Waals surface area contributed by atoms with E-state index >= 15 is 0 Å². The summed E-state index contributed by atoms with van der Waals surface area (Å²) in [5, 5.41) is 15.8. The minimum absolute atomic E-state index is 0.0523. The van der Waals surface area contributed by atoms with E-state index in [-0.39, 0.29) is 6.61 Å². The maximum Gasteiger partial charge on any atom is 0.128 e. The molecule has 0 fully saturated rings. The topological polar surface area (TPSA) is 58.1 Å². The van der Waals surface area contributed by atoms with Crippen LogP contribution in [0, 0.1) is 0 Å². The van der Waals surface area contributed by atoms with Crippen molar-refractivity contribution in [1.29, 1.82) is 0 Å². The van der Waals surface area contributed by atoms with Gasteiger partial charge in [-0.15, -0.1) is 0 Å². The number of hydrogen-bond donors (Lipinski definition) is 2. The number of ether oxygens (including phenoxy) is 1. The third kappa shape index (κ3) is 2.10. The van der Waals surface area contributed by atoms with Gasteiger partial charge < -0.3 is 9.84 Å². The molecule has 0 saturated heterocycles. The van der Waals surface area contributed by atoms with Gasteiger partial charge in [0.2, 0.25) is 0 Å². The molecule has 2 N–H and O–H groups in total. The lowest BCUT2D eigenvalue weighted by Gasteiger charge is -2.05. The van der Waals surface area contributed by atoms with Gasteiger partial charge in [-0.1, -0.05) is 15.9 Å². The third-order valence-electron chi connectivity index (χ3n) is 2.24. The van der Waals surface area contributed by atoms with Crippen LogP contribution < -0.4 is 4.74 Å². The molecular weight excluding hydrogens is 272 g/mol. The van der Waals surface area contributed by atoms with E-state index in [9.17, 15) is 0 Å². The molecule has 5 heteroatoms. The predicted molar refractivity (Wildman–Crippen MR) is 64.2 cm³/mol. The number of aromatic amines is 1. The number of halogens is 1. The molecule has 0 amide bonds. The molecule has 4 nitrogen and oxygen atoms in total. The smallest absolute Gasteiger partial charge is 0.128 e. The first kappa shape index (κ1) is 11.2. The first-order valence-electron chi connectivity index (χ1n) is 4.73. The van der Waals surface area contributed by atoms with Gasteiger partial charge in [0, 0.05) is 10.0 Å². The summed E-state index contributed by atoms with van der Waals surface area (Å²) in [5.74, 6) is 0.749. The third-order valence-corrected chi connectivity index (χ3v) is 2.73. The number of nitrogens with one attached hydrogen (secondary N) is 1. The van der Waals surface area contributed by atoms with E-state index < -0.39 is 0 Å². The van der Waals surface area contributed by atoms with Crippen LogP contribution in [0.3, 0.4) is 0 Å². The highest BCUT2D eigenvalue weighted by atomic mass is 79.9. The maximum absolute atomic E-state index is 8.97. The van der Waals surface area contributed by atoms with Crippen molar-refractivity contribution in [2.45, 2.75) is 6.61 Å². The summed E-state index contributed by atoms with van der Waals surface area (Å²) >= 11 is 3.40. The summed E-state index contributed by atoms with van der Waals surface area (Å²) in [5.41, 5.74) is 2.31. The summed E-state index contributed by atoms with van der Waals surface area (Å²) in [6, 6.07) is 7.50. The van der Waals surface area contributed by atoms with Gasteiger partial charge in [-0.25, -0.2) is 0 Å². The minimum atomic E-state index is -0.0523. The molecule has 1 heterocycles. The van der Waals surface area contributed by atoms with E-state index in [1.54, 1.807) is 13.2 Å². The molecule has 0 aliphatic rings. The molecule has 1 aromatic heterocycles. The number of aliphatic hydroxyl groups is 1. The zero-order chi connectivity index (χ0) is 11.5. The van der Waals surface area contributed by atoms with Crippen LogP contribution >= 0.6 is 15.9 Å². The summed E-state index contributed by atoms with van der Waals surface area (Å²) in [7, 11) is 1.62. The van der Waals surface area contributed by atoms with Crippen LogP contribution in [-0.2, 0) is 6.61 Å². The van der Waals surface area contributed by atoms with Crippen molar-refractivity contribution in [2.24, 2.45) is 0 Å². The number of rotatable bonds is 3. The SMILES string of the molecule is COc1ccc(Br)cc1-c1cc(CO)[nH]n1. The Morgan fingerprint density at radius 2 is 2.25 bits per heavy atom. The van der Waals surface area contributed by atoms with E-state index in [1.807, 2.05) is 18.2 Å². The summed E-state index contributed by atoms with van der Waals surface area (Å²) in [6.45, 7) is -0.0523. The van der Waals surface area contributed by atoms with E-state index in [2.05, 4.69) is 26.1 Å². The van der Waals surface area contributed by atoms with Gasteiger partial charge in [0.25, 0.3) is 0 Å². The van der Waals surface area contributed by atoms with E-state index in [1.165, 1.54) is 0 Å². The fourth-order valence-electron chi connectivity index (χ4n) is 1.46. The number of hydrogen-bond acceptors (Lipinski definition) is 3. The number of methoxy groups -OCH3 is 1. The second-order valence-corrected chi connectivity index (χ2v) is 4.20. The molecule has 0 aliphatic carbocycles. The Bertz CT molecular complexity index is 496. The highest BCUT2D eigenvalue weighted by Gasteiger charge is 2.09. The van der Waals surface area contributed by atoms with Gasteiger partial charge in [0.15, 0.2) is 0 Å². The van der Waals surface area contributed by atoms with Crippen LogP contribution in [0.15, 0.2) is 28.7 Å². The lowest BCUT2D eigenvalue weighted by molar-refractivity contribution is 0.276. The van der Waals surface area contributed by atoms with Crippen LogP contribution in [0.4, 0.5) is 0 Å². The summed E-state index contributed by atoms with van der Waals surface area (Å²) in [6.07, 6.45) is 0. The second kappa shape index (κ2) is 4.67. The predicted octanol–water partition coefficient (Wildman–Crippen LogP) is 2.34. The Morgan fingerprint density at radius 3 is 2.88 bits per heavy atom. The van der Waals surface area contributed by atoms with Crippen molar-refractivity contribution in [3.63, 3.8) is 0 Å². The molecule has 84 valence electrons. The summed E-state index contributed by atoms with van der Waals surface area (Å²) in [4.78, 5) is 0. The van der Waals surface area contributed by atoms with Crippen LogP contribution in [0.5, 0.6) is 5.75 Å². The van der Waals surface area contributed by atoms with Gasteiger partial charge in [-0.3, -0.25) is 5.10 Å². The number of nitrogens with zero attached hydrogens (tertiary/aromatic N) is 1. The first-order valence-corrected chi connectivity index (χ1v) is 5.53. The minimum Gasteiger partial charge on any atom is -0.496 e. The monoisotopic (exact) mass is 282 g/mol. The van der Waals surface area contributed by atoms with Crippen molar-refractivity contribution >= 4 is 15.9 Å². The van der Waals surface area contributed by atoms with E-state index in [0.29, 0.717) is 5.69 Å². The van der Waals surface area contributed by atoms with Crippen LogP contribution in [0.1, 0.15) is 5.69 Å². The lowest BCUT2D eigenvalue weighted by Crippen LogP contribution is -1.88. The number of benzene rings is 1. The Hall–Kier alpha value is -1.33. The van der Waals surface area contributed by atoms with Crippen LogP contribution in [0.2, 0.25) is 0 Å².